The average molecular weight is 198 g/mol. The second kappa shape index (κ2) is 4.92. The zero-order chi connectivity index (χ0) is 9.68. The quantitative estimate of drug-likeness (QED) is 0.425. The molecule has 0 unspecified atom stereocenters. The molecular formula is C10H14O2S. The van der Waals surface area contributed by atoms with Gasteiger partial charge >= 0.3 is 5.97 Å². The second-order valence-corrected chi connectivity index (χ2v) is 4.91. The Bertz CT molecular complexity index is 254. The van der Waals surface area contributed by atoms with E-state index >= 15 is 0 Å². The lowest BCUT2D eigenvalue weighted by molar-refractivity contribution is -0.138. The minimum Gasteiger partial charge on any atom is -0.462 e. The fourth-order valence-electron chi connectivity index (χ4n) is 0.886. The molecule has 3 heteroatoms. The first-order valence-electron chi connectivity index (χ1n) is 4.13. The molecule has 0 saturated heterocycles. The second-order valence-electron chi connectivity index (χ2n) is 2.84. The van der Waals surface area contributed by atoms with Crippen molar-refractivity contribution in [3.63, 3.8) is 0 Å². The van der Waals surface area contributed by atoms with E-state index in [4.69, 9.17) is 4.74 Å². The summed E-state index contributed by atoms with van der Waals surface area (Å²) < 4.78 is 4.98. The average Bonchev–Trinajstić information content (AvgIpc) is 2.56. The highest BCUT2D eigenvalue weighted by atomic mass is 32.2. The molecule has 1 aliphatic heterocycles. The van der Waals surface area contributed by atoms with E-state index in [1.54, 1.807) is 6.92 Å². The summed E-state index contributed by atoms with van der Waals surface area (Å²) >= 11 is 0. The largest absolute Gasteiger partial charge is 0.462 e. The zero-order valence-electron chi connectivity index (χ0n) is 7.69. The van der Waals surface area contributed by atoms with Crippen LogP contribution in [0.4, 0.5) is 0 Å². The third-order valence-electron chi connectivity index (χ3n) is 1.60. The lowest BCUT2D eigenvalue weighted by atomic mass is 10.4. The van der Waals surface area contributed by atoms with Crippen molar-refractivity contribution >= 4 is 16.9 Å². The molecule has 0 saturated carbocycles. The highest BCUT2D eigenvalue weighted by Gasteiger charge is 2.04. The van der Waals surface area contributed by atoms with Gasteiger partial charge in [-0.15, -0.1) is 0 Å². The Hall–Kier alpha value is -0.960. The number of esters is 1. The number of allylic oxidation sites excluding steroid dienone is 2. The summed E-state index contributed by atoms with van der Waals surface area (Å²) in [6, 6.07) is 0. The summed E-state index contributed by atoms with van der Waals surface area (Å²) in [6.45, 7) is 5.66. The lowest BCUT2D eigenvalue weighted by Crippen LogP contribution is -2.08. The maximum absolute atomic E-state index is 11.0. The fourth-order valence-corrected chi connectivity index (χ4v) is 2.23. The Balaban J connectivity index is 2.14. The van der Waals surface area contributed by atoms with Gasteiger partial charge in [0.1, 0.15) is 0 Å². The molecule has 0 atom stereocenters. The molecule has 0 aromatic carbocycles. The van der Waals surface area contributed by atoms with Crippen LogP contribution in [0, 0.1) is 0 Å². The monoisotopic (exact) mass is 198 g/mol. The van der Waals surface area contributed by atoms with E-state index in [0.29, 0.717) is 12.2 Å². The Kier molecular flexibility index (Phi) is 3.83. The number of carbonyl (C=O) groups is 1. The zero-order valence-corrected chi connectivity index (χ0v) is 8.59. The summed E-state index contributed by atoms with van der Waals surface area (Å²) in [5, 5.41) is 4.31. The van der Waals surface area contributed by atoms with Crippen LogP contribution in [0.25, 0.3) is 0 Å². The van der Waals surface area contributed by atoms with E-state index in [1.807, 2.05) is 12.2 Å². The van der Waals surface area contributed by atoms with Crippen molar-refractivity contribution in [2.24, 2.45) is 0 Å². The van der Waals surface area contributed by atoms with Crippen LogP contribution in [-0.2, 0) is 9.53 Å². The first-order valence-corrected chi connectivity index (χ1v) is 5.80. The van der Waals surface area contributed by atoms with Gasteiger partial charge in [0, 0.05) is 11.3 Å². The van der Waals surface area contributed by atoms with Crippen LogP contribution in [-0.4, -0.2) is 18.3 Å². The third-order valence-corrected chi connectivity index (χ3v) is 3.41. The molecule has 0 aromatic heterocycles. The Morgan fingerprint density at radius 2 is 2.08 bits per heavy atom. The number of hydrogen-bond donors (Lipinski definition) is 1. The molecule has 13 heavy (non-hydrogen) atoms. The smallest absolute Gasteiger partial charge is 0.333 e. The summed E-state index contributed by atoms with van der Waals surface area (Å²) in [5.74, 6) is 0.628. The van der Waals surface area contributed by atoms with E-state index in [9.17, 15) is 4.79 Å². The van der Waals surface area contributed by atoms with Crippen molar-refractivity contribution in [3.8, 4) is 0 Å². The minimum atomic E-state index is -0.290. The van der Waals surface area contributed by atoms with E-state index in [1.165, 1.54) is 0 Å². The van der Waals surface area contributed by atoms with E-state index in [2.05, 4.69) is 17.4 Å². The van der Waals surface area contributed by atoms with Crippen LogP contribution in [0.2, 0.25) is 0 Å². The summed E-state index contributed by atoms with van der Waals surface area (Å²) in [6.07, 6.45) is 4.07. The molecule has 1 heterocycles. The van der Waals surface area contributed by atoms with Crippen LogP contribution >= 0.6 is 10.9 Å². The lowest BCUT2D eigenvalue weighted by Gasteiger charge is -2.09. The van der Waals surface area contributed by atoms with Crippen molar-refractivity contribution in [1.82, 2.24) is 0 Å². The Morgan fingerprint density at radius 1 is 1.46 bits per heavy atom. The topological polar surface area (TPSA) is 26.3 Å². The number of thiol groups is 1. The molecule has 1 rings (SSSR count). The number of ether oxygens (including phenoxy) is 1. The van der Waals surface area contributed by atoms with Gasteiger partial charge in [-0.2, -0.15) is 0 Å². The van der Waals surface area contributed by atoms with Gasteiger partial charge in [-0.3, -0.25) is 0 Å². The first kappa shape index (κ1) is 10.1. The molecule has 0 bridgehead atoms. The van der Waals surface area contributed by atoms with Gasteiger partial charge in [-0.25, -0.2) is 15.7 Å². The van der Waals surface area contributed by atoms with E-state index in [-0.39, 0.29) is 16.9 Å². The summed E-state index contributed by atoms with van der Waals surface area (Å²) in [7, 11) is -0.163. The predicted molar refractivity (Wildman–Crippen MR) is 57.9 cm³/mol. The van der Waals surface area contributed by atoms with Crippen molar-refractivity contribution in [1.29, 1.82) is 0 Å². The molecule has 1 aliphatic rings. The van der Waals surface area contributed by atoms with Gasteiger partial charge in [0.25, 0.3) is 0 Å². The van der Waals surface area contributed by atoms with Crippen LogP contribution in [0.5, 0.6) is 0 Å². The van der Waals surface area contributed by atoms with Crippen LogP contribution in [0.15, 0.2) is 35.1 Å². The standard InChI is InChI=1S/C10H14O2S/c1-9(2)10(11)12-5-8-13-6-3-4-7-13/h3-4,6-7,13H,1,5,8H2,2H3. The number of carbonyl (C=O) groups excluding carboxylic acids is 1. The van der Waals surface area contributed by atoms with Gasteiger partial charge in [0.15, 0.2) is 0 Å². The number of rotatable bonds is 4. The SMILES string of the molecule is C=C(C)C(=O)OCC[SH]1C=CC=C1. The van der Waals surface area contributed by atoms with Gasteiger partial charge in [0.2, 0.25) is 0 Å². The van der Waals surface area contributed by atoms with Gasteiger partial charge in [0.05, 0.1) is 6.61 Å². The molecule has 0 fully saturated rings. The van der Waals surface area contributed by atoms with Crippen molar-refractivity contribution in [3.05, 3.63) is 35.1 Å². The van der Waals surface area contributed by atoms with E-state index in [0.717, 1.165) is 5.75 Å². The Morgan fingerprint density at radius 3 is 2.62 bits per heavy atom. The molecule has 2 nitrogen and oxygen atoms in total. The number of hydrogen-bond acceptors (Lipinski definition) is 2. The summed E-state index contributed by atoms with van der Waals surface area (Å²) in [4.78, 5) is 11.0. The summed E-state index contributed by atoms with van der Waals surface area (Å²) in [5.41, 5.74) is 0.463. The van der Waals surface area contributed by atoms with Crippen LogP contribution in [0.3, 0.4) is 0 Å². The van der Waals surface area contributed by atoms with Crippen LogP contribution in [0.1, 0.15) is 6.92 Å². The molecule has 0 radical (unpaired) electrons. The van der Waals surface area contributed by atoms with Gasteiger partial charge in [-0.05, 0) is 17.7 Å². The molecule has 72 valence electrons. The molecular weight excluding hydrogens is 184 g/mol. The van der Waals surface area contributed by atoms with Gasteiger partial charge < -0.3 is 4.74 Å². The normalized spacial score (nSPS) is 16.2. The van der Waals surface area contributed by atoms with Crippen molar-refractivity contribution < 1.29 is 9.53 Å². The van der Waals surface area contributed by atoms with Crippen molar-refractivity contribution in [2.75, 3.05) is 12.4 Å². The van der Waals surface area contributed by atoms with Crippen LogP contribution < -0.4 is 0 Å². The molecule has 0 aromatic rings. The van der Waals surface area contributed by atoms with Crippen molar-refractivity contribution in [2.45, 2.75) is 6.92 Å². The minimum absolute atomic E-state index is 0.163. The molecule has 0 spiro atoms. The molecule has 0 N–H and O–H groups in total. The highest BCUT2D eigenvalue weighted by molar-refractivity contribution is 8.22. The molecule has 0 aliphatic carbocycles. The Labute approximate surface area is 81.3 Å². The maximum atomic E-state index is 11.0. The molecule has 0 amide bonds. The van der Waals surface area contributed by atoms with E-state index < -0.39 is 0 Å². The maximum Gasteiger partial charge on any atom is 0.333 e. The third kappa shape index (κ3) is 3.51. The predicted octanol–water partition coefficient (Wildman–Crippen LogP) is 2.15. The highest BCUT2D eigenvalue weighted by Crippen LogP contribution is 2.31. The first-order chi connectivity index (χ1) is 6.20. The van der Waals surface area contributed by atoms with Gasteiger partial charge in [-0.1, -0.05) is 18.7 Å². The fraction of sp³-hybridized carbons (Fsp3) is 0.300.